The Kier molecular flexibility index (Phi) is 9.95. The fourth-order valence-corrected chi connectivity index (χ4v) is 8.67. The molecule has 306 valence electrons. The van der Waals surface area contributed by atoms with E-state index in [1.165, 1.54) is 38.5 Å². The van der Waals surface area contributed by atoms with Crippen molar-refractivity contribution in [3.8, 4) is 73.2 Å². The van der Waals surface area contributed by atoms with Crippen LogP contribution in [0.2, 0.25) is 0 Å². The standard InChI is InChI=1S/C59H50N4/c1-58(2,3)46-31-33-52-50(37-46)51-38-47(59(4,5)6)32-34-53(51)63(52)54-48(41-21-13-8-14-22-41)35-45(36-49(54)42-23-15-9-16-24-42)57-61-55(43-25-17-10-18-26-43)60-56(62-57)44-29-27-40(28-30-44)39-19-11-7-12-20-39/h7-38H,1-6H3. The maximum atomic E-state index is 5.30. The summed E-state index contributed by atoms with van der Waals surface area (Å²) in [5.41, 5.74) is 15.5. The molecule has 4 nitrogen and oxygen atoms in total. The molecule has 0 amide bonds. The Hall–Kier alpha value is -7.43. The molecule has 0 spiro atoms. The molecular weight excluding hydrogens is 765 g/mol. The minimum absolute atomic E-state index is 0.0117. The van der Waals surface area contributed by atoms with Crippen LogP contribution in [0.25, 0.3) is 95.0 Å². The van der Waals surface area contributed by atoms with Crippen LogP contribution in [0.15, 0.2) is 194 Å². The van der Waals surface area contributed by atoms with Gasteiger partial charge in [-0.1, -0.05) is 199 Å². The van der Waals surface area contributed by atoms with E-state index in [0.29, 0.717) is 17.5 Å². The van der Waals surface area contributed by atoms with E-state index in [1.807, 2.05) is 24.3 Å². The molecule has 2 heterocycles. The summed E-state index contributed by atoms with van der Waals surface area (Å²) in [7, 11) is 0. The van der Waals surface area contributed by atoms with E-state index >= 15 is 0 Å². The minimum atomic E-state index is -0.0117. The molecule has 0 N–H and O–H groups in total. The van der Waals surface area contributed by atoms with E-state index in [9.17, 15) is 0 Å². The molecule has 0 aliphatic rings. The summed E-state index contributed by atoms with van der Waals surface area (Å²) >= 11 is 0. The first-order valence-electron chi connectivity index (χ1n) is 21.9. The van der Waals surface area contributed by atoms with Crippen molar-refractivity contribution in [1.82, 2.24) is 19.5 Å². The Morgan fingerprint density at radius 2 is 0.651 bits per heavy atom. The predicted molar refractivity (Wildman–Crippen MR) is 264 cm³/mol. The molecule has 0 bridgehead atoms. The SMILES string of the molecule is CC(C)(C)c1ccc2c(c1)c1cc(C(C)(C)C)ccc1n2-c1c(-c2ccccc2)cc(-c2nc(-c3ccccc3)nc(-c3ccc(-c4ccccc4)cc3)n2)cc1-c1ccccc1. The maximum Gasteiger partial charge on any atom is 0.164 e. The van der Waals surface area contributed by atoms with Crippen molar-refractivity contribution in [2.24, 2.45) is 0 Å². The topological polar surface area (TPSA) is 43.6 Å². The van der Waals surface area contributed by atoms with Crippen LogP contribution in [0.4, 0.5) is 0 Å². The zero-order chi connectivity index (χ0) is 43.3. The van der Waals surface area contributed by atoms with Crippen LogP contribution in [0.1, 0.15) is 52.7 Å². The van der Waals surface area contributed by atoms with Crippen molar-refractivity contribution in [3.63, 3.8) is 0 Å². The van der Waals surface area contributed by atoms with E-state index in [1.54, 1.807) is 0 Å². The fourth-order valence-electron chi connectivity index (χ4n) is 8.67. The van der Waals surface area contributed by atoms with Crippen molar-refractivity contribution in [2.75, 3.05) is 0 Å². The fraction of sp³-hybridized carbons (Fsp3) is 0.136. The van der Waals surface area contributed by atoms with Crippen LogP contribution in [0.5, 0.6) is 0 Å². The van der Waals surface area contributed by atoms with Gasteiger partial charge in [-0.05, 0) is 80.6 Å². The molecule has 4 heteroatoms. The zero-order valence-corrected chi connectivity index (χ0v) is 36.8. The summed E-state index contributed by atoms with van der Waals surface area (Å²) in [6.45, 7) is 13.8. The first kappa shape index (κ1) is 39.7. The molecule has 0 aliphatic heterocycles. The summed E-state index contributed by atoms with van der Waals surface area (Å²) in [5.74, 6) is 1.86. The second kappa shape index (κ2) is 15.8. The second-order valence-corrected chi connectivity index (χ2v) is 18.6. The third-order valence-corrected chi connectivity index (χ3v) is 12.2. The van der Waals surface area contributed by atoms with Gasteiger partial charge in [-0.15, -0.1) is 0 Å². The summed E-state index contributed by atoms with van der Waals surface area (Å²) in [6.07, 6.45) is 0. The highest BCUT2D eigenvalue weighted by Gasteiger charge is 2.25. The van der Waals surface area contributed by atoms with Gasteiger partial charge in [0.25, 0.3) is 0 Å². The molecular formula is C59H50N4. The average molecular weight is 815 g/mol. The number of rotatable bonds is 7. The Morgan fingerprint density at radius 3 is 1.06 bits per heavy atom. The van der Waals surface area contributed by atoms with Crippen molar-refractivity contribution in [2.45, 2.75) is 52.4 Å². The molecule has 0 unspecified atom stereocenters. The van der Waals surface area contributed by atoms with Gasteiger partial charge in [0.15, 0.2) is 17.5 Å². The number of hydrogen-bond acceptors (Lipinski definition) is 3. The lowest BCUT2D eigenvalue weighted by Gasteiger charge is -2.22. The number of hydrogen-bond donors (Lipinski definition) is 0. The van der Waals surface area contributed by atoms with Crippen molar-refractivity contribution >= 4 is 21.8 Å². The summed E-state index contributed by atoms with van der Waals surface area (Å²) in [6, 6.07) is 69.4. The minimum Gasteiger partial charge on any atom is -0.308 e. The van der Waals surface area contributed by atoms with Crippen LogP contribution in [-0.2, 0) is 10.8 Å². The van der Waals surface area contributed by atoms with Crippen molar-refractivity contribution in [1.29, 1.82) is 0 Å². The van der Waals surface area contributed by atoms with Gasteiger partial charge >= 0.3 is 0 Å². The molecule has 0 atom stereocenters. The quantitative estimate of drug-likeness (QED) is 0.161. The van der Waals surface area contributed by atoms with E-state index in [4.69, 9.17) is 15.0 Å². The van der Waals surface area contributed by atoms with Gasteiger partial charge in [-0.2, -0.15) is 0 Å². The molecule has 8 aromatic carbocycles. The van der Waals surface area contributed by atoms with Crippen LogP contribution < -0.4 is 0 Å². The van der Waals surface area contributed by atoms with Crippen LogP contribution in [0.3, 0.4) is 0 Å². The highest BCUT2D eigenvalue weighted by atomic mass is 15.0. The highest BCUT2D eigenvalue weighted by Crippen LogP contribution is 2.45. The first-order chi connectivity index (χ1) is 30.5. The lowest BCUT2D eigenvalue weighted by Crippen LogP contribution is -2.10. The Morgan fingerprint density at radius 1 is 0.317 bits per heavy atom. The zero-order valence-electron chi connectivity index (χ0n) is 36.8. The highest BCUT2D eigenvalue weighted by molar-refractivity contribution is 6.11. The molecule has 0 fully saturated rings. The average Bonchev–Trinajstić information content (AvgIpc) is 3.64. The number of benzene rings is 8. The first-order valence-corrected chi connectivity index (χ1v) is 21.9. The van der Waals surface area contributed by atoms with Crippen LogP contribution in [-0.4, -0.2) is 19.5 Å². The van der Waals surface area contributed by atoms with E-state index in [0.717, 1.165) is 50.2 Å². The summed E-state index contributed by atoms with van der Waals surface area (Å²) in [4.78, 5) is 15.7. The Labute approximate surface area is 370 Å². The van der Waals surface area contributed by atoms with E-state index in [-0.39, 0.29) is 10.8 Å². The van der Waals surface area contributed by atoms with Crippen LogP contribution in [0, 0.1) is 0 Å². The lowest BCUT2D eigenvalue weighted by molar-refractivity contribution is 0.590. The lowest BCUT2D eigenvalue weighted by atomic mass is 9.85. The molecule has 10 rings (SSSR count). The van der Waals surface area contributed by atoms with E-state index in [2.05, 4.69) is 216 Å². The van der Waals surface area contributed by atoms with E-state index < -0.39 is 0 Å². The summed E-state index contributed by atoms with van der Waals surface area (Å²) in [5, 5.41) is 2.50. The van der Waals surface area contributed by atoms with Gasteiger partial charge in [0.2, 0.25) is 0 Å². The predicted octanol–water partition coefficient (Wildman–Crippen LogP) is 15.6. The third-order valence-electron chi connectivity index (χ3n) is 12.2. The molecule has 2 aromatic heterocycles. The normalized spacial score (nSPS) is 12.0. The molecule has 0 saturated heterocycles. The smallest absolute Gasteiger partial charge is 0.164 e. The Balaban J connectivity index is 1.27. The monoisotopic (exact) mass is 814 g/mol. The van der Waals surface area contributed by atoms with Gasteiger partial charge in [0.1, 0.15) is 0 Å². The number of aromatic nitrogens is 4. The largest absolute Gasteiger partial charge is 0.308 e. The number of nitrogens with zero attached hydrogens (tertiary/aromatic N) is 4. The molecule has 0 radical (unpaired) electrons. The molecule has 63 heavy (non-hydrogen) atoms. The molecule has 10 aromatic rings. The number of fused-ring (bicyclic) bond motifs is 3. The Bertz CT molecular complexity index is 3110. The van der Waals surface area contributed by atoms with Crippen molar-refractivity contribution < 1.29 is 0 Å². The second-order valence-electron chi connectivity index (χ2n) is 18.6. The van der Waals surface area contributed by atoms with Gasteiger partial charge < -0.3 is 4.57 Å². The van der Waals surface area contributed by atoms with Gasteiger partial charge in [0.05, 0.1) is 16.7 Å². The maximum absolute atomic E-state index is 5.30. The molecule has 0 aliphatic carbocycles. The van der Waals surface area contributed by atoms with Gasteiger partial charge in [-0.25, -0.2) is 15.0 Å². The van der Waals surface area contributed by atoms with Gasteiger partial charge in [-0.3, -0.25) is 0 Å². The molecule has 0 saturated carbocycles. The van der Waals surface area contributed by atoms with Crippen LogP contribution >= 0.6 is 0 Å². The summed E-state index contributed by atoms with van der Waals surface area (Å²) < 4.78 is 2.50. The van der Waals surface area contributed by atoms with Crippen molar-refractivity contribution in [3.05, 3.63) is 205 Å². The van der Waals surface area contributed by atoms with Gasteiger partial charge in [0, 0.05) is 38.6 Å². The third kappa shape index (κ3) is 7.63.